The second-order valence-corrected chi connectivity index (χ2v) is 24.3. The molecule has 4 aliphatic rings. The average Bonchev–Trinajstić information content (AvgIpc) is 4.35. The fourth-order valence-electron chi connectivity index (χ4n) is 15.4. The molecule has 2 heterocycles. The first kappa shape index (κ1) is 43.9. The van der Waals surface area contributed by atoms with Gasteiger partial charge in [-0.2, -0.15) is 0 Å². The summed E-state index contributed by atoms with van der Waals surface area (Å²) in [6.07, 6.45) is 4.06. The summed E-state index contributed by atoms with van der Waals surface area (Å²) in [5.41, 5.74) is 27.9. The van der Waals surface area contributed by atoms with E-state index in [0.717, 1.165) is 38.5 Å². The SMILES string of the molecule is C=CC1=C(C=C)C(C)(C)c2cc(-c3cc4c(c5oc6ccccc6c35)-c3cc5c(cc3C4(C)C)-c3c(cc(-c4cc6c(c7ccccc47)-c4ccccc4C6(C)C)c4c3oc3ccccc34)C5(C)C)c3ccccc3c21. The quantitative estimate of drug-likeness (QED) is 0.176. The smallest absolute Gasteiger partial charge is 0.144 e. The highest BCUT2D eigenvalue weighted by Crippen LogP contribution is 2.63. The molecule has 0 saturated heterocycles. The van der Waals surface area contributed by atoms with Gasteiger partial charge in [0.2, 0.25) is 0 Å². The minimum Gasteiger partial charge on any atom is -0.455 e. The van der Waals surface area contributed by atoms with Crippen molar-refractivity contribution in [3.63, 3.8) is 0 Å². The number of fused-ring (bicyclic) bond motifs is 22. The number of hydrogen-bond acceptors (Lipinski definition) is 2. The summed E-state index contributed by atoms with van der Waals surface area (Å²) in [6.45, 7) is 27.8. The Morgan fingerprint density at radius 3 is 1.20 bits per heavy atom. The van der Waals surface area contributed by atoms with Crippen LogP contribution in [0.3, 0.4) is 0 Å². The number of benzene rings is 10. The van der Waals surface area contributed by atoms with Gasteiger partial charge >= 0.3 is 0 Å². The van der Waals surface area contributed by atoms with Crippen LogP contribution in [0.25, 0.3) is 127 Å². The van der Waals surface area contributed by atoms with E-state index >= 15 is 0 Å². The van der Waals surface area contributed by atoms with Crippen molar-refractivity contribution in [2.75, 3.05) is 0 Å². The monoisotopic (exact) mass is 976 g/mol. The molecular formula is C74H56O2. The van der Waals surface area contributed by atoms with Gasteiger partial charge in [-0.3, -0.25) is 0 Å². The topological polar surface area (TPSA) is 26.3 Å². The van der Waals surface area contributed by atoms with Crippen molar-refractivity contribution >= 4 is 71.0 Å². The Morgan fingerprint density at radius 2 is 0.697 bits per heavy atom. The molecule has 0 spiro atoms. The molecule has 0 atom stereocenters. The molecule has 0 bridgehead atoms. The molecule has 76 heavy (non-hydrogen) atoms. The minimum atomic E-state index is -0.380. The molecule has 0 radical (unpaired) electrons. The second kappa shape index (κ2) is 14.3. The van der Waals surface area contributed by atoms with E-state index in [0.29, 0.717) is 0 Å². The molecule has 0 saturated carbocycles. The Kier molecular flexibility index (Phi) is 8.24. The maximum absolute atomic E-state index is 7.27. The maximum Gasteiger partial charge on any atom is 0.144 e. The maximum atomic E-state index is 7.27. The zero-order valence-electron chi connectivity index (χ0n) is 44.4. The van der Waals surface area contributed by atoms with E-state index in [1.54, 1.807) is 0 Å². The van der Waals surface area contributed by atoms with Gasteiger partial charge in [0.25, 0.3) is 0 Å². The molecule has 0 N–H and O–H groups in total. The van der Waals surface area contributed by atoms with Crippen LogP contribution in [0.15, 0.2) is 197 Å². The van der Waals surface area contributed by atoms with Gasteiger partial charge in [-0.25, -0.2) is 0 Å². The third-order valence-electron chi connectivity index (χ3n) is 19.2. The van der Waals surface area contributed by atoms with E-state index in [2.05, 4.69) is 226 Å². The van der Waals surface area contributed by atoms with Gasteiger partial charge in [0.15, 0.2) is 0 Å². The first-order valence-electron chi connectivity index (χ1n) is 27.1. The fraction of sp³-hybridized carbons (Fsp3) is 0.162. The summed E-state index contributed by atoms with van der Waals surface area (Å²) in [7, 11) is 0. The fourth-order valence-corrected chi connectivity index (χ4v) is 15.4. The lowest BCUT2D eigenvalue weighted by atomic mass is 9.77. The molecule has 10 aromatic carbocycles. The van der Waals surface area contributed by atoms with Crippen LogP contribution in [0.4, 0.5) is 0 Å². The van der Waals surface area contributed by atoms with Crippen LogP contribution in [0.2, 0.25) is 0 Å². The van der Waals surface area contributed by atoms with Crippen LogP contribution in [-0.2, 0) is 21.7 Å². The van der Waals surface area contributed by atoms with Crippen LogP contribution in [-0.4, -0.2) is 0 Å². The standard InChI is InChI=1S/C74H56O2/c1-11-39-53(12-2)71(3,4)57-33-47(40-23-13-15-25-42(40)63(39)57)49-35-59-67(69-65(49)45-28-18-21-31-61(45)75-69)51-37-56-52(38-55(51)73(59,7)8)68-60(74(56,9)10)36-50(66-46-29-19-22-32-62(46)76-70(66)68)48-34-58-64(43-26-16-14-24-41(43)48)44-27-17-20-30-54(44)72(58,5)6/h11-38H,1-2H2,3-10H3. The Balaban J connectivity index is 0.956. The van der Waals surface area contributed by atoms with Crippen LogP contribution >= 0.6 is 0 Å². The third kappa shape index (κ3) is 5.14. The van der Waals surface area contributed by atoms with Crippen LogP contribution in [0, 0.1) is 0 Å². The van der Waals surface area contributed by atoms with E-state index in [9.17, 15) is 0 Å². The van der Waals surface area contributed by atoms with Crippen molar-refractivity contribution < 1.29 is 8.83 Å². The lowest BCUT2D eigenvalue weighted by Crippen LogP contribution is -2.17. The summed E-state index contributed by atoms with van der Waals surface area (Å²) in [5, 5.41) is 9.60. The first-order valence-corrected chi connectivity index (χ1v) is 27.1. The average molecular weight is 977 g/mol. The van der Waals surface area contributed by atoms with Crippen molar-refractivity contribution in [1.82, 2.24) is 0 Å². The van der Waals surface area contributed by atoms with Gasteiger partial charge in [0.05, 0.1) is 0 Å². The number of allylic oxidation sites excluding steroid dienone is 4. The lowest BCUT2D eigenvalue weighted by Gasteiger charge is -2.25. The highest BCUT2D eigenvalue weighted by Gasteiger charge is 2.46. The van der Waals surface area contributed by atoms with Crippen molar-refractivity contribution in [2.45, 2.75) is 77.0 Å². The van der Waals surface area contributed by atoms with Gasteiger partial charge in [-0.15, -0.1) is 0 Å². The molecule has 364 valence electrons. The van der Waals surface area contributed by atoms with Gasteiger partial charge in [0, 0.05) is 54.3 Å². The van der Waals surface area contributed by atoms with Crippen molar-refractivity contribution in [2.24, 2.45) is 0 Å². The van der Waals surface area contributed by atoms with Crippen molar-refractivity contribution in [3.8, 4) is 55.6 Å². The van der Waals surface area contributed by atoms with Crippen molar-refractivity contribution in [1.29, 1.82) is 0 Å². The predicted molar refractivity (Wildman–Crippen MR) is 320 cm³/mol. The largest absolute Gasteiger partial charge is 0.455 e. The van der Waals surface area contributed by atoms with Gasteiger partial charge in [-0.05, 0) is 170 Å². The first-order chi connectivity index (χ1) is 36.7. The highest BCUT2D eigenvalue weighted by molar-refractivity contribution is 6.24. The molecule has 0 unspecified atom stereocenters. The summed E-state index contributed by atoms with van der Waals surface area (Å²) in [4.78, 5) is 0. The molecule has 0 aliphatic heterocycles. The van der Waals surface area contributed by atoms with Gasteiger partial charge in [-0.1, -0.05) is 190 Å². The van der Waals surface area contributed by atoms with E-state index in [1.807, 2.05) is 12.2 Å². The Morgan fingerprint density at radius 1 is 0.316 bits per heavy atom. The van der Waals surface area contributed by atoms with Crippen molar-refractivity contribution in [3.05, 3.63) is 233 Å². The molecule has 12 aromatic rings. The number of para-hydroxylation sites is 2. The Bertz CT molecular complexity index is 4780. The molecule has 2 heteroatoms. The summed E-state index contributed by atoms with van der Waals surface area (Å²) < 4.78 is 14.5. The Hall–Kier alpha value is -8.46. The molecular weight excluding hydrogens is 921 g/mol. The lowest BCUT2D eigenvalue weighted by molar-refractivity contribution is 0.648. The molecule has 0 fully saturated rings. The van der Waals surface area contributed by atoms with E-state index in [-0.39, 0.29) is 21.7 Å². The van der Waals surface area contributed by atoms with E-state index in [4.69, 9.17) is 8.83 Å². The highest BCUT2D eigenvalue weighted by atomic mass is 16.3. The molecule has 16 rings (SSSR count). The Labute approximate surface area is 443 Å². The molecule has 4 aliphatic carbocycles. The van der Waals surface area contributed by atoms with Crippen LogP contribution in [0.5, 0.6) is 0 Å². The number of furan rings is 2. The van der Waals surface area contributed by atoms with Crippen LogP contribution in [0.1, 0.15) is 99.9 Å². The van der Waals surface area contributed by atoms with Crippen LogP contribution < -0.4 is 0 Å². The molecule has 0 amide bonds. The predicted octanol–water partition coefficient (Wildman–Crippen LogP) is 20.5. The summed E-state index contributed by atoms with van der Waals surface area (Å²) in [6, 6.07) is 59.5. The number of hydrogen-bond donors (Lipinski definition) is 0. The molecule has 2 nitrogen and oxygen atoms in total. The zero-order valence-corrected chi connectivity index (χ0v) is 44.4. The molecule has 2 aromatic heterocycles. The second-order valence-electron chi connectivity index (χ2n) is 24.3. The van der Waals surface area contributed by atoms with Gasteiger partial charge in [0.1, 0.15) is 22.3 Å². The minimum absolute atomic E-state index is 0.168. The summed E-state index contributed by atoms with van der Waals surface area (Å²) in [5.74, 6) is 0. The van der Waals surface area contributed by atoms with E-state index in [1.165, 1.54) is 138 Å². The summed E-state index contributed by atoms with van der Waals surface area (Å²) >= 11 is 0. The number of rotatable bonds is 4. The van der Waals surface area contributed by atoms with Gasteiger partial charge < -0.3 is 8.83 Å². The zero-order chi connectivity index (χ0) is 51.7. The van der Waals surface area contributed by atoms with E-state index < -0.39 is 0 Å². The normalized spacial score (nSPS) is 16.6. The third-order valence-corrected chi connectivity index (χ3v) is 19.2.